The van der Waals surface area contributed by atoms with Crippen LogP contribution in [-0.2, 0) is 6.18 Å². The lowest BCUT2D eigenvalue weighted by molar-refractivity contribution is -0.137. The second kappa shape index (κ2) is 6.92. The zero-order chi connectivity index (χ0) is 18.0. The quantitative estimate of drug-likeness (QED) is 0.859. The van der Waals surface area contributed by atoms with Crippen LogP contribution in [-0.4, -0.2) is 24.0 Å². The highest BCUT2D eigenvalue weighted by Gasteiger charge is 2.33. The zero-order valence-corrected chi connectivity index (χ0v) is 13.9. The molecule has 0 spiro atoms. The van der Waals surface area contributed by atoms with Crippen LogP contribution in [0, 0.1) is 0 Å². The summed E-state index contributed by atoms with van der Waals surface area (Å²) < 4.78 is 38.8. The molecular weight excluding hydrogens is 355 g/mol. The summed E-state index contributed by atoms with van der Waals surface area (Å²) in [5.74, 6) is 0.0351. The van der Waals surface area contributed by atoms with Crippen molar-refractivity contribution in [3.8, 4) is 0 Å². The van der Waals surface area contributed by atoms with E-state index in [1.54, 1.807) is 18.3 Å². The van der Waals surface area contributed by atoms with Gasteiger partial charge in [0.2, 0.25) is 0 Å². The molecule has 4 nitrogen and oxygen atoms in total. The summed E-state index contributed by atoms with van der Waals surface area (Å²) in [6.07, 6.45) is -0.963. The van der Waals surface area contributed by atoms with Gasteiger partial charge in [0.05, 0.1) is 16.1 Å². The fourth-order valence-corrected chi connectivity index (χ4v) is 3.00. The van der Waals surface area contributed by atoms with Crippen molar-refractivity contribution in [3.63, 3.8) is 0 Å². The molecule has 0 unspecified atom stereocenters. The summed E-state index contributed by atoms with van der Waals surface area (Å²) in [5.41, 5.74) is -0.635. The van der Waals surface area contributed by atoms with Gasteiger partial charge in [-0.25, -0.2) is 4.98 Å². The van der Waals surface area contributed by atoms with Crippen molar-refractivity contribution in [3.05, 3.63) is 52.7 Å². The molecule has 8 heteroatoms. The second-order valence-corrected chi connectivity index (χ2v) is 6.12. The molecule has 0 saturated carbocycles. The number of nitrogens with one attached hydrogen (secondary N) is 1. The number of carbonyl (C=O) groups is 1. The van der Waals surface area contributed by atoms with Crippen LogP contribution in [0.4, 0.5) is 24.7 Å². The minimum Gasteiger partial charge on any atom is -0.356 e. The maximum Gasteiger partial charge on any atom is 0.417 e. The van der Waals surface area contributed by atoms with E-state index < -0.39 is 22.7 Å². The number of halogens is 4. The van der Waals surface area contributed by atoms with Gasteiger partial charge in [0.25, 0.3) is 5.91 Å². The smallest absolute Gasteiger partial charge is 0.356 e. The fourth-order valence-electron chi connectivity index (χ4n) is 2.77. The number of amides is 1. The highest BCUT2D eigenvalue weighted by molar-refractivity contribution is 6.31. The summed E-state index contributed by atoms with van der Waals surface area (Å²) in [5, 5.41) is 2.09. The van der Waals surface area contributed by atoms with Crippen molar-refractivity contribution in [2.24, 2.45) is 0 Å². The van der Waals surface area contributed by atoms with E-state index in [1.165, 1.54) is 6.07 Å². The average Bonchev–Trinajstić information content (AvgIpc) is 3.10. The lowest BCUT2D eigenvalue weighted by Crippen LogP contribution is -2.24. The van der Waals surface area contributed by atoms with Crippen LogP contribution in [0.15, 0.2) is 36.5 Å². The molecule has 0 radical (unpaired) electrons. The summed E-state index contributed by atoms with van der Waals surface area (Å²) >= 11 is 5.60. The highest BCUT2D eigenvalue weighted by Crippen LogP contribution is 2.36. The Hall–Kier alpha value is -2.28. The van der Waals surface area contributed by atoms with Gasteiger partial charge in [-0.3, -0.25) is 4.79 Å². The first-order chi connectivity index (χ1) is 11.9. The number of hydrogen-bond acceptors (Lipinski definition) is 3. The Morgan fingerprint density at radius 1 is 1.20 bits per heavy atom. The van der Waals surface area contributed by atoms with Gasteiger partial charge in [0, 0.05) is 25.0 Å². The van der Waals surface area contributed by atoms with Crippen molar-refractivity contribution in [1.82, 2.24) is 4.98 Å². The van der Waals surface area contributed by atoms with Crippen LogP contribution in [0.1, 0.15) is 28.8 Å². The SMILES string of the molecule is O=C(Nc1ccc(Cl)c(C(F)(F)F)c1)c1cccnc1N1CCCC1. The van der Waals surface area contributed by atoms with E-state index in [4.69, 9.17) is 11.6 Å². The molecule has 1 aromatic carbocycles. The molecule has 2 heterocycles. The van der Waals surface area contributed by atoms with Crippen molar-refractivity contribution >= 4 is 29.0 Å². The highest BCUT2D eigenvalue weighted by atomic mass is 35.5. The van der Waals surface area contributed by atoms with Crippen LogP contribution in [0.5, 0.6) is 0 Å². The molecule has 0 atom stereocenters. The number of pyridine rings is 1. The second-order valence-electron chi connectivity index (χ2n) is 5.72. The number of nitrogens with zero attached hydrogens (tertiary/aromatic N) is 2. The topological polar surface area (TPSA) is 45.2 Å². The monoisotopic (exact) mass is 369 g/mol. The van der Waals surface area contributed by atoms with Crippen LogP contribution in [0.25, 0.3) is 0 Å². The molecule has 1 aromatic heterocycles. The van der Waals surface area contributed by atoms with Gasteiger partial charge in [-0.1, -0.05) is 11.6 Å². The van der Waals surface area contributed by atoms with E-state index in [2.05, 4.69) is 10.3 Å². The normalized spacial score (nSPS) is 14.6. The first-order valence-electron chi connectivity index (χ1n) is 7.74. The molecule has 132 valence electrons. The van der Waals surface area contributed by atoms with Gasteiger partial charge < -0.3 is 10.2 Å². The van der Waals surface area contributed by atoms with Crippen LogP contribution >= 0.6 is 11.6 Å². The summed E-state index contributed by atoms with van der Waals surface area (Å²) in [6.45, 7) is 1.60. The van der Waals surface area contributed by atoms with Gasteiger partial charge in [0.15, 0.2) is 0 Å². The first kappa shape index (κ1) is 17.5. The van der Waals surface area contributed by atoms with Crippen molar-refractivity contribution < 1.29 is 18.0 Å². The molecule has 1 amide bonds. The van der Waals surface area contributed by atoms with Crippen LogP contribution < -0.4 is 10.2 Å². The number of aromatic nitrogens is 1. The van der Waals surface area contributed by atoms with E-state index in [9.17, 15) is 18.0 Å². The van der Waals surface area contributed by atoms with Gasteiger partial charge in [-0.2, -0.15) is 13.2 Å². The minimum atomic E-state index is -4.59. The number of rotatable bonds is 3. The Balaban J connectivity index is 1.86. The predicted octanol–water partition coefficient (Wildman–Crippen LogP) is 4.61. The standard InChI is InChI=1S/C17H15ClF3N3O/c18-14-6-5-11(10-13(14)17(19,20)21)23-16(25)12-4-3-7-22-15(12)24-8-1-2-9-24/h3-7,10H,1-2,8-9H2,(H,23,25). The fraction of sp³-hybridized carbons (Fsp3) is 0.294. The number of benzene rings is 1. The van der Waals surface area contributed by atoms with Crippen molar-refractivity contribution in [2.75, 3.05) is 23.3 Å². The Morgan fingerprint density at radius 3 is 2.60 bits per heavy atom. The van der Waals surface area contributed by atoms with Crippen LogP contribution in [0.2, 0.25) is 5.02 Å². The summed E-state index contributed by atoms with van der Waals surface area (Å²) in [7, 11) is 0. The Kier molecular flexibility index (Phi) is 4.85. The van der Waals surface area contributed by atoms with Crippen molar-refractivity contribution in [1.29, 1.82) is 0 Å². The molecule has 0 aliphatic carbocycles. The van der Waals surface area contributed by atoms with E-state index in [0.29, 0.717) is 11.4 Å². The lowest BCUT2D eigenvalue weighted by atomic mass is 10.1. The molecule has 3 rings (SSSR count). The zero-order valence-electron chi connectivity index (χ0n) is 13.1. The maximum atomic E-state index is 12.9. The van der Waals surface area contributed by atoms with E-state index >= 15 is 0 Å². The first-order valence-corrected chi connectivity index (χ1v) is 8.12. The molecular formula is C17H15ClF3N3O. The third-order valence-electron chi connectivity index (χ3n) is 3.97. The van der Waals surface area contributed by atoms with Gasteiger partial charge in [-0.15, -0.1) is 0 Å². The molecule has 1 saturated heterocycles. The van der Waals surface area contributed by atoms with E-state index in [-0.39, 0.29) is 5.69 Å². The summed E-state index contributed by atoms with van der Waals surface area (Å²) in [4.78, 5) is 18.8. The van der Waals surface area contributed by atoms with Crippen molar-refractivity contribution in [2.45, 2.75) is 19.0 Å². The number of anilines is 2. The third-order valence-corrected chi connectivity index (χ3v) is 4.30. The molecule has 1 aliphatic rings. The molecule has 25 heavy (non-hydrogen) atoms. The largest absolute Gasteiger partial charge is 0.417 e. The van der Waals surface area contributed by atoms with E-state index in [1.807, 2.05) is 4.90 Å². The molecule has 0 bridgehead atoms. The molecule has 2 aromatic rings. The lowest BCUT2D eigenvalue weighted by Gasteiger charge is -2.19. The van der Waals surface area contributed by atoms with Crippen LogP contribution in [0.3, 0.4) is 0 Å². The van der Waals surface area contributed by atoms with Gasteiger partial charge in [-0.05, 0) is 43.2 Å². The molecule has 1 N–H and O–H groups in total. The number of carbonyl (C=O) groups excluding carboxylic acids is 1. The maximum absolute atomic E-state index is 12.9. The predicted molar refractivity (Wildman–Crippen MR) is 90.1 cm³/mol. The number of alkyl halides is 3. The van der Waals surface area contributed by atoms with E-state index in [0.717, 1.165) is 38.1 Å². The van der Waals surface area contributed by atoms with Gasteiger partial charge >= 0.3 is 6.18 Å². The van der Waals surface area contributed by atoms with Gasteiger partial charge in [0.1, 0.15) is 5.82 Å². The molecule has 1 aliphatic heterocycles. The minimum absolute atomic E-state index is 0.0259. The Morgan fingerprint density at radius 2 is 1.92 bits per heavy atom. The Labute approximate surface area is 147 Å². The summed E-state index contributed by atoms with van der Waals surface area (Å²) in [6, 6.07) is 6.51. The average molecular weight is 370 g/mol. The Bertz CT molecular complexity index is 789. The number of hydrogen-bond donors (Lipinski definition) is 1. The third kappa shape index (κ3) is 3.87. The molecule has 1 fully saturated rings.